The molecule has 0 radical (unpaired) electrons. The van der Waals surface area contributed by atoms with Crippen LogP contribution in [0.15, 0.2) is 22.0 Å². The maximum Gasteiger partial charge on any atom is 0.358 e. The van der Waals surface area contributed by atoms with Crippen molar-refractivity contribution in [2.75, 3.05) is 6.61 Å². The van der Waals surface area contributed by atoms with Gasteiger partial charge in [-0.2, -0.15) is 5.10 Å². The van der Waals surface area contributed by atoms with E-state index in [0.29, 0.717) is 5.65 Å². The smallest absolute Gasteiger partial charge is 0.358 e. The maximum absolute atomic E-state index is 12.5. The van der Waals surface area contributed by atoms with E-state index in [4.69, 9.17) is 4.74 Å². The second kappa shape index (κ2) is 7.58. The van der Waals surface area contributed by atoms with E-state index in [0.717, 1.165) is 10.3 Å². The standard InChI is InChI=1S/C20H28N6O4/c1-12(2)14-10-13(22-26(14)20(3,4)5)18(28)30-9-8-25-11-21-16-15(25)17(27)24(7)19(29)23(16)6/h10-12H,8-9H2,1-7H3. The summed E-state index contributed by atoms with van der Waals surface area (Å²) in [5.41, 5.74) is 0.641. The topological polar surface area (TPSA) is 106 Å². The Morgan fingerprint density at radius 1 is 1.17 bits per heavy atom. The van der Waals surface area contributed by atoms with E-state index < -0.39 is 17.2 Å². The summed E-state index contributed by atoms with van der Waals surface area (Å²) in [6, 6.07) is 1.76. The molecule has 0 saturated carbocycles. The molecule has 0 unspecified atom stereocenters. The number of esters is 1. The van der Waals surface area contributed by atoms with Gasteiger partial charge in [-0.3, -0.25) is 18.6 Å². The molecule has 3 aromatic heterocycles. The summed E-state index contributed by atoms with van der Waals surface area (Å²) in [7, 11) is 2.97. The minimum Gasteiger partial charge on any atom is -0.459 e. The second-order valence-electron chi connectivity index (χ2n) is 8.64. The summed E-state index contributed by atoms with van der Waals surface area (Å²) in [5.74, 6) is -0.317. The molecular weight excluding hydrogens is 388 g/mol. The molecule has 0 aliphatic heterocycles. The van der Waals surface area contributed by atoms with Crippen LogP contribution in [0.2, 0.25) is 0 Å². The number of rotatable bonds is 5. The van der Waals surface area contributed by atoms with Gasteiger partial charge in [-0.05, 0) is 32.8 Å². The molecule has 0 fully saturated rings. The average Bonchev–Trinajstić information content (AvgIpc) is 3.29. The van der Waals surface area contributed by atoms with Gasteiger partial charge in [0.2, 0.25) is 0 Å². The molecule has 0 atom stereocenters. The quantitative estimate of drug-likeness (QED) is 0.582. The minimum atomic E-state index is -0.523. The Kier molecular flexibility index (Phi) is 5.44. The van der Waals surface area contributed by atoms with Crippen molar-refractivity contribution in [3.8, 4) is 0 Å². The largest absolute Gasteiger partial charge is 0.459 e. The van der Waals surface area contributed by atoms with Crippen LogP contribution in [0.1, 0.15) is 56.7 Å². The molecule has 30 heavy (non-hydrogen) atoms. The number of aromatic nitrogens is 6. The molecule has 0 aliphatic carbocycles. The highest BCUT2D eigenvalue weighted by Crippen LogP contribution is 2.23. The third-order valence-electron chi connectivity index (χ3n) is 4.96. The zero-order valence-electron chi connectivity index (χ0n) is 18.5. The normalized spacial score (nSPS) is 12.1. The summed E-state index contributed by atoms with van der Waals surface area (Å²) >= 11 is 0. The van der Waals surface area contributed by atoms with Gasteiger partial charge in [-0.15, -0.1) is 0 Å². The lowest BCUT2D eigenvalue weighted by Gasteiger charge is -2.23. The number of aryl methyl sites for hydroxylation is 1. The van der Waals surface area contributed by atoms with E-state index >= 15 is 0 Å². The lowest BCUT2D eigenvalue weighted by atomic mass is 10.1. The lowest BCUT2D eigenvalue weighted by Crippen LogP contribution is -2.37. The molecule has 3 heterocycles. The SMILES string of the molecule is CC(C)c1cc(C(=O)OCCn2cnc3c2c(=O)n(C)c(=O)n3C)nn1C(C)(C)C. The first-order valence-electron chi connectivity index (χ1n) is 9.82. The lowest BCUT2D eigenvalue weighted by molar-refractivity contribution is 0.0483. The Hall–Kier alpha value is -3.17. The monoisotopic (exact) mass is 416 g/mol. The van der Waals surface area contributed by atoms with E-state index in [9.17, 15) is 14.4 Å². The number of hydrogen-bond acceptors (Lipinski definition) is 6. The van der Waals surface area contributed by atoms with Crippen LogP contribution in [0.3, 0.4) is 0 Å². The van der Waals surface area contributed by atoms with Crippen LogP contribution in [-0.4, -0.2) is 41.0 Å². The molecule has 10 heteroatoms. The highest BCUT2D eigenvalue weighted by Gasteiger charge is 2.24. The van der Waals surface area contributed by atoms with Gasteiger partial charge >= 0.3 is 11.7 Å². The molecule has 3 rings (SSSR count). The van der Waals surface area contributed by atoms with Crippen LogP contribution in [0.5, 0.6) is 0 Å². The zero-order valence-corrected chi connectivity index (χ0v) is 18.5. The van der Waals surface area contributed by atoms with Crippen molar-refractivity contribution in [1.82, 2.24) is 28.5 Å². The van der Waals surface area contributed by atoms with Crippen LogP contribution in [0.4, 0.5) is 0 Å². The summed E-state index contributed by atoms with van der Waals surface area (Å²) in [5, 5.41) is 4.45. The fourth-order valence-corrected chi connectivity index (χ4v) is 3.32. The third-order valence-corrected chi connectivity index (χ3v) is 4.96. The number of ether oxygens (including phenoxy) is 1. The van der Waals surface area contributed by atoms with E-state index in [1.165, 1.54) is 17.9 Å². The summed E-state index contributed by atoms with van der Waals surface area (Å²) in [4.78, 5) is 41.2. The average molecular weight is 416 g/mol. The fraction of sp³-hybridized carbons (Fsp3) is 0.550. The molecule has 162 valence electrons. The maximum atomic E-state index is 12.5. The first kappa shape index (κ1) is 21.5. The van der Waals surface area contributed by atoms with Gasteiger partial charge in [0, 0.05) is 19.8 Å². The molecule has 3 aromatic rings. The molecule has 10 nitrogen and oxygen atoms in total. The minimum absolute atomic E-state index is 0.0374. The van der Waals surface area contributed by atoms with Crippen molar-refractivity contribution in [1.29, 1.82) is 0 Å². The van der Waals surface area contributed by atoms with E-state index in [-0.39, 0.29) is 35.8 Å². The Morgan fingerprint density at radius 3 is 2.40 bits per heavy atom. The number of nitrogens with zero attached hydrogens (tertiary/aromatic N) is 6. The summed E-state index contributed by atoms with van der Waals surface area (Å²) in [6.45, 7) is 10.4. The molecule has 0 spiro atoms. The zero-order chi connectivity index (χ0) is 22.4. The first-order valence-corrected chi connectivity index (χ1v) is 9.82. The molecular formula is C20H28N6O4. The summed E-state index contributed by atoms with van der Waals surface area (Å²) in [6.07, 6.45) is 1.46. The van der Waals surface area contributed by atoms with Gasteiger partial charge in [0.1, 0.15) is 6.61 Å². The van der Waals surface area contributed by atoms with Gasteiger partial charge in [0.25, 0.3) is 5.56 Å². The molecule has 0 amide bonds. The van der Waals surface area contributed by atoms with E-state index in [2.05, 4.69) is 10.1 Å². The van der Waals surface area contributed by atoms with Crippen LogP contribution >= 0.6 is 0 Å². The number of imidazole rings is 1. The number of carbonyl (C=O) groups excluding carboxylic acids is 1. The molecule has 0 bridgehead atoms. The van der Waals surface area contributed by atoms with Crippen LogP contribution < -0.4 is 11.2 Å². The van der Waals surface area contributed by atoms with Crippen molar-refractivity contribution in [2.24, 2.45) is 14.1 Å². The number of fused-ring (bicyclic) bond motifs is 1. The molecule has 0 aromatic carbocycles. The molecule has 0 N–H and O–H groups in total. The van der Waals surface area contributed by atoms with Crippen LogP contribution in [0.25, 0.3) is 11.2 Å². The van der Waals surface area contributed by atoms with Crippen molar-refractivity contribution in [3.05, 3.63) is 44.6 Å². The second-order valence-corrected chi connectivity index (χ2v) is 8.64. The van der Waals surface area contributed by atoms with Gasteiger partial charge in [0.05, 0.1) is 18.4 Å². The Morgan fingerprint density at radius 2 is 1.83 bits per heavy atom. The van der Waals surface area contributed by atoms with Crippen molar-refractivity contribution < 1.29 is 9.53 Å². The van der Waals surface area contributed by atoms with Crippen LogP contribution in [-0.2, 0) is 30.9 Å². The van der Waals surface area contributed by atoms with Crippen molar-refractivity contribution >= 4 is 17.1 Å². The number of carbonyl (C=O) groups is 1. The van der Waals surface area contributed by atoms with Gasteiger partial charge in [-0.1, -0.05) is 13.8 Å². The first-order chi connectivity index (χ1) is 13.9. The van der Waals surface area contributed by atoms with Gasteiger partial charge in [-0.25, -0.2) is 14.6 Å². The third kappa shape index (κ3) is 3.69. The highest BCUT2D eigenvalue weighted by atomic mass is 16.5. The predicted molar refractivity (Wildman–Crippen MR) is 112 cm³/mol. The van der Waals surface area contributed by atoms with Gasteiger partial charge in [0.15, 0.2) is 16.9 Å². The predicted octanol–water partition coefficient (Wildman–Crippen LogP) is 1.37. The van der Waals surface area contributed by atoms with E-state index in [1.54, 1.807) is 17.7 Å². The molecule has 0 saturated heterocycles. The Balaban J connectivity index is 1.79. The Bertz CT molecular complexity index is 1220. The fourth-order valence-electron chi connectivity index (χ4n) is 3.32. The van der Waals surface area contributed by atoms with Crippen LogP contribution in [0, 0.1) is 0 Å². The Labute approximate surface area is 173 Å². The summed E-state index contributed by atoms with van der Waals surface area (Å²) < 4.78 is 11.2. The number of hydrogen-bond donors (Lipinski definition) is 0. The molecule has 0 aliphatic rings. The van der Waals surface area contributed by atoms with E-state index in [1.807, 2.05) is 39.3 Å². The van der Waals surface area contributed by atoms with Gasteiger partial charge < -0.3 is 9.30 Å². The highest BCUT2D eigenvalue weighted by molar-refractivity contribution is 5.87. The van der Waals surface area contributed by atoms with Crippen molar-refractivity contribution in [3.63, 3.8) is 0 Å². The van der Waals surface area contributed by atoms with Crippen molar-refractivity contribution in [2.45, 2.75) is 52.6 Å².